The molecule has 0 saturated carbocycles. The van der Waals surface area contributed by atoms with Crippen molar-refractivity contribution >= 4 is 21.9 Å². The fraction of sp³-hybridized carbons (Fsp3) is 0.143. The summed E-state index contributed by atoms with van der Waals surface area (Å²) in [5, 5.41) is 8.93. The summed E-state index contributed by atoms with van der Waals surface area (Å²) in [5.41, 5.74) is -0.904. The highest BCUT2D eigenvalue weighted by Crippen LogP contribution is 2.22. The quantitative estimate of drug-likeness (QED) is 0.859. The van der Waals surface area contributed by atoms with E-state index in [9.17, 15) is 18.4 Å². The molecule has 0 fully saturated rings. The topological polar surface area (TPSA) is 59.3 Å². The minimum atomic E-state index is -1.39. The average Bonchev–Trinajstić information content (AvgIpc) is 2.41. The van der Waals surface area contributed by atoms with E-state index in [0.717, 1.165) is 18.3 Å². The Labute approximate surface area is 126 Å². The van der Waals surface area contributed by atoms with Gasteiger partial charge in [0.1, 0.15) is 17.2 Å². The molecule has 0 spiro atoms. The number of aromatic carboxylic acids is 1. The number of nitrogens with zero attached hydrogens (tertiary/aromatic N) is 1. The maximum absolute atomic E-state index is 13.9. The van der Waals surface area contributed by atoms with Gasteiger partial charge in [-0.15, -0.1) is 0 Å². The molecule has 0 aliphatic carbocycles. The summed E-state index contributed by atoms with van der Waals surface area (Å²) in [4.78, 5) is 22.5. The number of halogens is 3. The summed E-state index contributed by atoms with van der Waals surface area (Å²) in [6.07, 6.45) is 1.08. The van der Waals surface area contributed by atoms with Gasteiger partial charge in [-0.3, -0.25) is 4.79 Å². The second-order valence-electron chi connectivity index (χ2n) is 4.45. The van der Waals surface area contributed by atoms with Crippen molar-refractivity contribution in [1.29, 1.82) is 0 Å². The van der Waals surface area contributed by atoms with Gasteiger partial charge in [0.15, 0.2) is 5.43 Å². The lowest BCUT2D eigenvalue weighted by atomic mass is 10.1. The largest absolute Gasteiger partial charge is 0.477 e. The van der Waals surface area contributed by atoms with Crippen LogP contribution in [0.15, 0.2) is 33.7 Å². The smallest absolute Gasteiger partial charge is 0.341 e. The predicted molar refractivity (Wildman–Crippen MR) is 75.6 cm³/mol. The average molecular weight is 358 g/mol. The lowest BCUT2D eigenvalue weighted by Gasteiger charge is -2.13. The molecule has 1 aromatic carbocycles. The van der Waals surface area contributed by atoms with E-state index in [1.54, 1.807) is 6.92 Å². The van der Waals surface area contributed by atoms with Crippen LogP contribution in [0.25, 0.3) is 0 Å². The molecule has 0 amide bonds. The van der Waals surface area contributed by atoms with Gasteiger partial charge in [-0.25, -0.2) is 13.6 Å². The first-order chi connectivity index (χ1) is 9.81. The molecule has 0 aliphatic heterocycles. The van der Waals surface area contributed by atoms with Crippen LogP contribution in [0.1, 0.15) is 21.6 Å². The standard InChI is InChI=1S/C14H10BrF2NO3/c1-7-4-12(19)9(14(20)21)6-18(7)5-8-11(16)3-2-10(15)13(8)17/h2-4,6H,5H2,1H3,(H,20,21). The molecule has 2 aromatic rings. The van der Waals surface area contributed by atoms with Crippen molar-refractivity contribution < 1.29 is 18.7 Å². The minimum Gasteiger partial charge on any atom is -0.477 e. The van der Waals surface area contributed by atoms with Gasteiger partial charge in [-0.1, -0.05) is 0 Å². The number of carboxylic acids is 1. The first-order valence-electron chi connectivity index (χ1n) is 5.88. The molecule has 4 nitrogen and oxygen atoms in total. The summed E-state index contributed by atoms with van der Waals surface area (Å²) >= 11 is 2.97. The number of hydrogen-bond donors (Lipinski definition) is 1. The van der Waals surface area contributed by atoms with E-state index < -0.39 is 28.6 Å². The van der Waals surface area contributed by atoms with Gasteiger partial charge in [0.05, 0.1) is 11.0 Å². The predicted octanol–water partition coefficient (Wildman–Crippen LogP) is 2.94. The third kappa shape index (κ3) is 3.02. The van der Waals surface area contributed by atoms with Crippen LogP contribution in [-0.2, 0) is 6.54 Å². The number of carbonyl (C=O) groups is 1. The Morgan fingerprint density at radius 1 is 1.38 bits per heavy atom. The van der Waals surface area contributed by atoms with Crippen LogP contribution in [0.3, 0.4) is 0 Å². The third-order valence-electron chi connectivity index (χ3n) is 3.04. The van der Waals surface area contributed by atoms with Crippen LogP contribution in [0.5, 0.6) is 0 Å². The van der Waals surface area contributed by atoms with Crippen LogP contribution in [-0.4, -0.2) is 15.6 Å². The van der Waals surface area contributed by atoms with E-state index in [4.69, 9.17) is 5.11 Å². The van der Waals surface area contributed by atoms with E-state index in [-0.39, 0.29) is 16.6 Å². The van der Waals surface area contributed by atoms with Crippen molar-refractivity contribution in [3.8, 4) is 0 Å². The second kappa shape index (κ2) is 5.77. The molecule has 7 heteroatoms. The normalized spacial score (nSPS) is 10.7. The maximum Gasteiger partial charge on any atom is 0.341 e. The Balaban J connectivity index is 2.55. The minimum absolute atomic E-state index is 0.107. The summed E-state index contributed by atoms with van der Waals surface area (Å²) < 4.78 is 29.1. The molecular formula is C14H10BrF2NO3. The molecule has 0 unspecified atom stereocenters. The van der Waals surface area contributed by atoms with Gasteiger partial charge >= 0.3 is 5.97 Å². The molecule has 0 bridgehead atoms. The Morgan fingerprint density at radius 2 is 2.05 bits per heavy atom. The van der Waals surface area contributed by atoms with Crippen LogP contribution >= 0.6 is 15.9 Å². The van der Waals surface area contributed by atoms with Crippen molar-refractivity contribution in [2.45, 2.75) is 13.5 Å². The van der Waals surface area contributed by atoms with E-state index in [1.807, 2.05) is 0 Å². The molecule has 110 valence electrons. The molecule has 2 rings (SSSR count). The molecule has 1 N–H and O–H groups in total. The number of carboxylic acid groups (broad SMARTS) is 1. The summed E-state index contributed by atoms with van der Waals surface area (Å²) in [7, 11) is 0. The van der Waals surface area contributed by atoms with Crippen LogP contribution in [0.4, 0.5) is 8.78 Å². The number of rotatable bonds is 3. The number of benzene rings is 1. The van der Waals surface area contributed by atoms with Crippen molar-refractivity contribution in [3.05, 3.63) is 67.5 Å². The van der Waals surface area contributed by atoms with E-state index in [2.05, 4.69) is 15.9 Å². The fourth-order valence-electron chi connectivity index (χ4n) is 1.89. The van der Waals surface area contributed by atoms with Crippen molar-refractivity contribution in [2.75, 3.05) is 0 Å². The van der Waals surface area contributed by atoms with Crippen LogP contribution < -0.4 is 5.43 Å². The first-order valence-corrected chi connectivity index (χ1v) is 6.67. The molecule has 21 heavy (non-hydrogen) atoms. The first kappa shape index (κ1) is 15.4. The van der Waals surface area contributed by atoms with Gasteiger partial charge in [0.25, 0.3) is 0 Å². The highest BCUT2D eigenvalue weighted by atomic mass is 79.9. The monoisotopic (exact) mass is 357 g/mol. The highest BCUT2D eigenvalue weighted by molar-refractivity contribution is 9.10. The molecule has 0 aliphatic rings. The second-order valence-corrected chi connectivity index (χ2v) is 5.30. The molecule has 1 aromatic heterocycles. The van der Waals surface area contributed by atoms with Gasteiger partial charge in [0, 0.05) is 23.5 Å². The SMILES string of the molecule is Cc1cc(=O)c(C(=O)O)cn1Cc1c(F)ccc(Br)c1F. The summed E-state index contributed by atoms with van der Waals surface area (Å²) in [5.74, 6) is -2.89. The van der Waals surface area contributed by atoms with Crippen molar-refractivity contribution in [2.24, 2.45) is 0 Å². The third-order valence-corrected chi connectivity index (χ3v) is 3.65. The number of aromatic nitrogens is 1. The molecule has 0 saturated heterocycles. The molecule has 0 radical (unpaired) electrons. The zero-order valence-electron chi connectivity index (χ0n) is 10.9. The lowest BCUT2D eigenvalue weighted by Crippen LogP contribution is -2.20. The number of aryl methyl sites for hydroxylation is 1. The summed E-state index contributed by atoms with van der Waals surface area (Å²) in [6, 6.07) is 3.48. The molecule has 1 heterocycles. The zero-order valence-corrected chi connectivity index (χ0v) is 12.4. The number of pyridine rings is 1. The maximum atomic E-state index is 13.9. The van der Waals surface area contributed by atoms with Crippen molar-refractivity contribution in [1.82, 2.24) is 4.57 Å². The van der Waals surface area contributed by atoms with E-state index in [0.29, 0.717) is 5.69 Å². The summed E-state index contributed by atoms with van der Waals surface area (Å²) in [6.45, 7) is 1.34. The van der Waals surface area contributed by atoms with E-state index >= 15 is 0 Å². The Kier molecular flexibility index (Phi) is 4.22. The van der Waals surface area contributed by atoms with Gasteiger partial charge in [-0.2, -0.15) is 0 Å². The Bertz CT molecular complexity index is 787. The Hall–Kier alpha value is -2.02. The fourth-order valence-corrected chi connectivity index (χ4v) is 2.26. The van der Waals surface area contributed by atoms with Crippen molar-refractivity contribution in [3.63, 3.8) is 0 Å². The van der Waals surface area contributed by atoms with Gasteiger partial charge in [0.2, 0.25) is 0 Å². The van der Waals surface area contributed by atoms with Crippen LogP contribution in [0, 0.1) is 18.6 Å². The van der Waals surface area contributed by atoms with Gasteiger partial charge < -0.3 is 9.67 Å². The number of hydrogen-bond acceptors (Lipinski definition) is 2. The van der Waals surface area contributed by atoms with E-state index in [1.165, 1.54) is 10.6 Å². The van der Waals surface area contributed by atoms with Gasteiger partial charge in [-0.05, 0) is 35.0 Å². The molecule has 0 atom stereocenters. The van der Waals surface area contributed by atoms with Crippen LogP contribution in [0.2, 0.25) is 0 Å². The highest BCUT2D eigenvalue weighted by Gasteiger charge is 2.15. The lowest BCUT2D eigenvalue weighted by molar-refractivity contribution is 0.0694. The zero-order chi connectivity index (χ0) is 15.7. The molecular weight excluding hydrogens is 348 g/mol. The Morgan fingerprint density at radius 3 is 2.67 bits per heavy atom.